The van der Waals surface area contributed by atoms with E-state index in [4.69, 9.17) is 0 Å². The van der Waals surface area contributed by atoms with Gasteiger partial charge in [-0.1, -0.05) is 40.2 Å². The second-order valence-corrected chi connectivity index (χ2v) is 7.47. The molecule has 2 N–H and O–H groups in total. The molecule has 2 aromatic carbocycles. The Kier molecular flexibility index (Phi) is 6.40. The quantitative estimate of drug-likeness (QED) is 0.751. The monoisotopic (exact) mass is 420 g/mol. The van der Waals surface area contributed by atoms with Crippen LogP contribution in [0.1, 0.15) is 34.3 Å². The number of hydrogen-bond acceptors (Lipinski definition) is 3. The van der Waals surface area contributed by atoms with Gasteiger partial charge in [0.15, 0.2) is 0 Å². The molecule has 0 aromatic heterocycles. The standard InChI is InChI=1S/C20H22BrFN2O2/c21-17-8-16(9-18(22)10-17)20(26)23-11-14-4-1-2-5-15(14)12-24-7-3-6-19(24)13-25/h1-2,4-5,8-10,19,25H,3,6-7,11-13H2,(H,23,26). The van der Waals surface area contributed by atoms with Crippen molar-refractivity contribution >= 4 is 21.8 Å². The number of halogens is 2. The number of aliphatic hydroxyl groups excluding tert-OH is 1. The van der Waals surface area contributed by atoms with Crippen LogP contribution in [0.25, 0.3) is 0 Å². The van der Waals surface area contributed by atoms with Gasteiger partial charge in [-0.15, -0.1) is 0 Å². The highest BCUT2D eigenvalue weighted by Crippen LogP contribution is 2.21. The second kappa shape index (κ2) is 8.75. The van der Waals surface area contributed by atoms with E-state index >= 15 is 0 Å². The number of hydrogen-bond donors (Lipinski definition) is 2. The molecule has 2 aromatic rings. The third kappa shape index (κ3) is 4.69. The largest absolute Gasteiger partial charge is 0.395 e. The molecule has 1 fully saturated rings. The molecule has 4 nitrogen and oxygen atoms in total. The van der Waals surface area contributed by atoms with Crippen LogP contribution in [0, 0.1) is 5.82 Å². The summed E-state index contributed by atoms with van der Waals surface area (Å²) in [6.45, 7) is 2.28. The fraction of sp³-hybridized carbons (Fsp3) is 0.350. The molecule has 26 heavy (non-hydrogen) atoms. The lowest BCUT2D eigenvalue weighted by Crippen LogP contribution is -2.32. The summed E-state index contributed by atoms with van der Waals surface area (Å²) in [4.78, 5) is 14.6. The molecule has 0 saturated carbocycles. The van der Waals surface area contributed by atoms with Gasteiger partial charge in [0.25, 0.3) is 5.91 Å². The Morgan fingerprint density at radius 3 is 2.77 bits per heavy atom. The molecule has 1 saturated heterocycles. The fourth-order valence-electron chi connectivity index (χ4n) is 3.38. The maximum Gasteiger partial charge on any atom is 0.251 e. The lowest BCUT2D eigenvalue weighted by molar-refractivity contribution is 0.0950. The number of amides is 1. The van der Waals surface area contributed by atoms with Crippen molar-refractivity contribution in [3.8, 4) is 0 Å². The average molecular weight is 421 g/mol. The predicted octanol–water partition coefficient (Wildman–Crippen LogP) is 3.47. The summed E-state index contributed by atoms with van der Waals surface area (Å²) in [5.74, 6) is -0.761. The minimum absolute atomic E-state index is 0.174. The fourth-order valence-corrected chi connectivity index (χ4v) is 3.84. The molecule has 1 heterocycles. The van der Waals surface area contributed by atoms with E-state index in [1.54, 1.807) is 6.07 Å². The molecule has 1 amide bonds. The lowest BCUT2D eigenvalue weighted by Gasteiger charge is -2.24. The Morgan fingerprint density at radius 1 is 1.27 bits per heavy atom. The van der Waals surface area contributed by atoms with Gasteiger partial charge in [-0.05, 0) is 48.7 Å². The zero-order chi connectivity index (χ0) is 18.5. The van der Waals surface area contributed by atoms with E-state index in [9.17, 15) is 14.3 Å². The van der Waals surface area contributed by atoms with Crippen LogP contribution in [-0.2, 0) is 13.1 Å². The van der Waals surface area contributed by atoms with Crippen molar-refractivity contribution in [3.05, 3.63) is 69.4 Å². The van der Waals surface area contributed by atoms with Crippen LogP contribution >= 0.6 is 15.9 Å². The van der Waals surface area contributed by atoms with Crippen molar-refractivity contribution in [3.63, 3.8) is 0 Å². The number of likely N-dealkylation sites (tertiary alicyclic amines) is 1. The van der Waals surface area contributed by atoms with Crippen LogP contribution < -0.4 is 5.32 Å². The topological polar surface area (TPSA) is 52.6 Å². The number of carbonyl (C=O) groups excluding carboxylic acids is 1. The average Bonchev–Trinajstić information content (AvgIpc) is 3.07. The molecule has 0 bridgehead atoms. The predicted molar refractivity (Wildman–Crippen MR) is 102 cm³/mol. The molecule has 1 aliphatic rings. The number of nitrogens with zero attached hydrogens (tertiary/aromatic N) is 1. The zero-order valence-corrected chi connectivity index (χ0v) is 16.0. The van der Waals surface area contributed by atoms with Crippen LogP contribution in [-0.4, -0.2) is 35.1 Å². The van der Waals surface area contributed by atoms with Crippen LogP contribution in [0.2, 0.25) is 0 Å². The molecule has 6 heteroatoms. The van der Waals surface area contributed by atoms with Crippen molar-refractivity contribution in [2.75, 3.05) is 13.2 Å². The second-order valence-electron chi connectivity index (χ2n) is 6.56. The van der Waals surface area contributed by atoms with Gasteiger partial charge < -0.3 is 10.4 Å². The van der Waals surface area contributed by atoms with Crippen LogP contribution in [0.5, 0.6) is 0 Å². The van der Waals surface area contributed by atoms with Gasteiger partial charge in [-0.25, -0.2) is 4.39 Å². The van der Waals surface area contributed by atoms with E-state index in [0.29, 0.717) is 11.0 Å². The van der Waals surface area contributed by atoms with Crippen molar-refractivity contribution in [2.45, 2.75) is 32.0 Å². The van der Waals surface area contributed by atoms with Crippen molar-refractivity contribution in [2.24, 2.45) is 0 Å². The van der Waals surface area contributed by atoms with Crippen LogP contribution in [0.15, 0.2) is 46.9 Å². The molecule has 3 rings (SSSR count). The molecule has 1 unspecified atom stereocenters. The van der Waals surface area contributed by atoms with E-state index in [2.05, 4.69) is 26.1 Å². The van der Waals surface area contributed by atoms with E-state index in [-0.39, 0.29) is 24.1 Å². The van der Waals surface area contributed by atoms with Gasteiger partial charge in [0.2, 0.25) is 0 Å². The maximum atomic E-state index is 13.5. The lowest BCUT2D eigenvalue weighted by atomic mass is 10.1. The molecule has 0 spiro atoms. The van der Waals surface area contributed by atoms with Crippen LogP contribution in [0.4, 0.5) is 4.39 Å². The third-order valence-electron chi connectivity index (χ3n) is 4.77. The van der Waals surface area contributed by atoms with Crippen molar-refractivity contribution in [1.82, 2.24) is 10.2 Å². The smallest absolute Gasteiger partial charge is 0.251 e. The Labute approximate surface area is 161 Å². The number of nitrogens with one attached hydrogen (secondary N) is 1. The summed E-state index contributed by atoms with van der Waals surface area (Å²) in [6.07, 6.45) is 2.11. The molecule has 0 radical (unpaired) electrons. The zero-order valence-electron chi connectivity index (χ0n) is 14.4. The summed E-state index contributed by atoms with van der Waals surface area (Å²) < 4.78 is 14.0. The van der Waals surface area contributed by atoms with E-state index in [1.165, 1.54) is 12.1 Å². The number of benzene rings is 2. The molecule has 0 aliphatic carbocycles. The molecule has 1 atom stereocenters. The van der Waals surface area contributed by atoms with Crippen LogP contribution in [0.3, 0.4) is 0 Å². The van der Waals surface area contributed by atoms with Gasteiger partial charge in [0, 0.05) is 29.2 Å². The Hall–Kier alpha value is -1.76. The highest BCUT2D eigenvalue weighted by Gasteiger charge is 2.24. The maximum absolute atomic E-state index is 13.5. The molecule has 1 aliphatic heterocycles. The van der Waals surface area contributed by atoms with Gasteiger partial charge in [0.05, 0.1) is 6.61 Å². The van der Waals surface area contributed by atoms with E-state index in [1.807, 2.05) is 24.3 Å². The van der Waals surface area contributed by atoms with E-state index in [0.717, 1.165) is 37.1 Å². The first kappa shape index (κ1) is 19.0. The Bertz CT molecular complexity index is 764. The minimum Gasteiger partial charge on any atom is -0.395 e. The first-order chi connectivity index (χ1) is 12.6. The summed E-state index contributed by atoms with van der Waals surface area (Å²) >= 11 is 3.20. The number of aliphatic hydroxyl groups is 1. The third-order valence-corrected chi connectivity index (χ3v) is 5.22. The Morgan fingerprint density at radius 2 is 2.04 bits per heavy atom. The first-order valence-electron chi connectivity index (χ1n) is 8.73. The van der Waals surface area contributed by atoms with E-state index < -0.39 is 5.82 Å². The Balaban J connectivity index is 1.67. The highest BCUT2D eigenvalue weighted by atomic mass is 79.9. The summed E-state index contributed by atoms with van der Waals surface area (Å²) in [5, 5.41) is 12.4. The number of rotatable bonds is 6. The highest BCUT2D eigenvalue weighted by molar-refractivity contribution is 9.10. The van der Waals surface area contributed by atoms with Gasteiger partial charge in [0.1, 0.15) is 5.82 Å². The number of carbonyl (C=O) groups is 1. The van der Waals surface area contributed by atoms with Crippen molar-refractivity contribution < 1.29 is 14.3 Å². The minimum atomic E-state index is -0.450. The molecular formula is C20H22BrFN2O2. The summed E-state index contributed by atoms with van der Waals surface area (Å²) in [5.41, 5.74) is 2.45. The van der Waals surface area contributed by atoms with Gasteiger partial charge in [-0.3, -0.25) is 9.69 Å². The first-order valence-corrected chi connectivity index (χ1v) is 9.52. The summed E-state index contributed by atoms with van der Waals surface area (Å²) in [7, 11) is 0. The SMILES string of the molecule is O=C(NCc1ccccc1CN1CCCC1CO)c1cc(F)cc(Br)c1. The molecule has 138 valence electrons. The molecular weight excluding hydrogens is 399 g/mol. The van der Waals surface area contributed by atoms with Crippen molar-refractivity contribution in [1.29, 1.82) is 0 Å². The van der Waals surface area contributed by atoms with Gasteiger partial charge in [-0.2, -0.15) is 0 Å². The normalized spacial score (nSPS) is 17.4. The van der Waals surface area contributed by atoms with Gasteiger partial charge >= 0.3 is 0 Å². The summed E-state index contributed by atoms with van der Waals surface area (Å²) in [6, 6.07) is 12.3.